The van der Waals surface area contributed by atoms with Gasteiger partial charge in [0.1, 0.15) is 15.7 Å². The molecule has 1 aromatic rings. The lowest BCUT2D eigenvalue weighted by Gasteiger charge is -2.19. The summed E-state index contributed by atoms with van der Waals surface area (Å²) in [5, 5.41) is 0. The Morgan fingerprint density at radius 3 is 2.68 bits per heavy atom. The number of nitrogens with zero attached hydrogens (tertiary/aromatic N) is 3. The molecule has 0 N–H and O–H groups in total. The van der Waals surface area contributed by atoms with Crippen LogP contribution in [-0.2, 0) is 21.3 Å². The van der Waals surface area contributed by atoms with Crippen LogP contribution in [0.5, 0.6) is 0 Å². The number of amides is 1. The molecule has 7 heteroatoms. The van der Waals surface area contributed by atoms with Crippen LogP contribution < -0.4 is 0 Å². The Morgan fingerprint density at radius 1 is 1.45 bits per heavy atom. The summed E-state index contributed by atoms with van der Waals surface area (Å²) in [5.74, 6) is -0.796. The topological polar surface area (TPSA) is 53.0 Å². The Hall–Kier alpha value is -1.57. The summed E-state index contributed by atoms with van der Waals surface area (Å²) < 4.78 is 30.5. The van der Waals surface area contributed by atoms with Crippen LogP contribution in [0.25, 0.3) is 0 Å². The molecular formula is C15H22FN3O2S. The monoisotopic (exact) mass is 327 g/mol. The minimum absolute atomic E-state index is 0.00119. The first-order valence-electron chi connectivity index (χ1n) is 6.74. The molecule has 122 valence electrons. The van der Waals surface area contributed by atoms with Gasteiger partial charge in [-0.25, -0.2) is 12.9 Å². The number of halogens is 1. The van der Waals surface area contributed by atoms with Crippen molar-refractivity contribution in [2.24, 2.45) is 4.36 Å². The standard InChI is InChI=1S/C15H22FN3O2S/c1-5-9-19(11-13-7-6-8-14(16)10-13)12-15(20)17-22(4,21)18(2)3/h5-8,10H,1,9,11-12H2,2-4H3. The number of hydrogen-bond donors (Lipinski definition) is 0. The van der Waals surface area contributed by atoms with Crippen LogP contribution in [0.4, 0.5) is 4.39 Å². The quantitative estimate of drug-likeness (QED) is 0.719. The zero-order valence-corrected chi connectivity index (χ0v) is 14.0. The summed E-state index contributed by atoms with van der Waals surface area (Å²) in [6.07, 6.45) is 3.07. The lowest BCUT2D eigenvalue weighted by molar-refractivity contribution is -0.118. The highest BCUT2D eigenvalue weighted by atomic mass is 32.2. The fraction of sp³-hybridized carbons (Fsp3) is 0.400. The summed E-state index contributed by atoms with van der Waals surface area (Å²) in [6, 6.07) is 6.18. The molecule has 0 aromatic heterocycles. The third-order valence-corrected chi connectivity index (χ3v) is 4.89. The van der Waals surface area contributed by atoms with Gasteiger partial charge in [0.25, 0.3) is 5.91 Å². The Labute approximate surface area is 131 Å². The first kappa shape index (κ1) is 18.5. The Bertz CT molecular complexity index is 652. The minimum atomic E-state index is -2.69. The lowest BCUT2D eigenvalue weighted by Crippen LogP contribution is -2.30. The van der Waals surface area contributed by atoms with Crippen molar-refractivity contribution in [1.29, 1.82) is 0 Å². The molecular weight excluding hydrogens is 305 g/mol. The van der Waals surface area contributed by atoms with Gasteiger partial charge in [-0.1, -0.05) is 18.2 Å². The molecule has 0 aliphatic carbocycles. The van der Waals surface area contributed by atoms with Gasteiger partial charge in [-0.15, -0.1) is 10.9 Å². The molecule has 1 aromatic carbocycles. The summed E-state index contributed by atoms with van der Waals surface area (Å²) in [4.78, 5) is 13.7. The number of rotatable bonds is 7. The second kappa shape index (κ2) is 8.17. The van der Waals surface area contributed by atoms with Crippen LogP contribution >= 0.6 is 0 Å². The van der Waals surface area contributed by atoms with Crippen LogP contribution in [-0.4, -0.2) is 52.8 Å². The highest BCUT2D eigenvalue weighted by Crippen LogP contribution is 2.08. The largest absolute Gasteiger partial charge is 0.286 e. The van der Waals surface area contributed by atoms with E-state index in [1.165, 1.54) is 22.7 Å². The molecule has 0 saturated heterocycles. The van der Waals surface area contributed by atoms with Crippen LogP contribution in [0.2, 0.25) is 0 Å². The van der Waals surface area contributed by atoms with Gasteiger partial charge in [-0.3, -0.25) is 9.69 Å². The Balaban J connectivity index is 2.82. The molecule has 1 unspecified atom stereocenters. The maximum absolute atomic E-state index is 13.2. The highest BCUT2D eigenvalue weighted by Gasteiger charge is 2.13. The molecule has 0 heterocycles. The molecule has 1 rings (SSSR count). The third kappa shape index (κ3) is 6.05. The SMILES string of the molecule is C=CCN(CC(=O)N=S(C)(=O)N(C)C)Cc1cccc(F)c1. The molecule has 5 nitrogen and oxygen atoms in total. The van der Waals surface area contributed by atoms with E-state index in [-0.39, 0.29) is 12.4 Å². The van der Waals surface area contributed by atoms with Gasteiger partial charge >= 0.3 is 0 Å². The fourth-order valence-corrected chi connectivity index (χ4v) is 2.35. The van der Waals surface area contributed by atoms with E-state index in [9.17, 15) is 13.4 Å². The third-order valence-electron chi connectivity index (χ3n) is 2.99. The van der Waals surface area contributed by atoms with Gasteiger partial charge in [0.05, 0.1) is 6.54 Å². The van der Waals surface area contributed by atoms with Gasteiger partial charge in [0.2, 0.25) is 0 Å². The van der Waals surface area contributed by atoms with Crippen molar-refractivity contribution in [3.05, 3.63) is 48.3 Å². The van der Waals surface area contributed by atoms with Gasteiger partial charge in [0, 0.05) is 33.4 Å². The zero-order chi connectivity index (χ0) is 16.8. The molecule has 1 atom stereocenters. The van der Waals surface area contributed by atoms with Crippen molar-refractivity contribution >= 4 is 15.8 Å². The van der Waals surface area contributed by atoms with Crippen molar-refractivity contribution < 1.29 is 13.4 Å². The molecule has 0 aliphatic rings. The minimum Gasteiger partial charge on any atom is -0.286 e. The number of carbonyl (C=O) groups excluding carboxylic acids is 1. The first-order chi connectivity index (χ1) is 10.2. The molecule has 1 amide bonds. The van der Waals surface area contributed by atoms with Crippen LogP contribution in [0.1, 0.15) is 5.56 Å². The molecule has 0 spiro atoms. The number of carbonyl (C=O) groups is 1. The van der Waals surface area contributed by atoms with Gasteiger partial charge in [0.15, 0.2) is 0 Å². The molecule has 0 fully saturated rings. The van der Waals surface area contributed by atoms with Crippen molar-refractivity contribution in [1.82, 2.24) is 9.21 Å². The van der Waals surface area contributed by atoms with E-state index in [2.05, 4.69) is 10.9 Å². The second-order valence-electron chi connectivity index (χ2n) is 5.15. The summed E-state index contributed by atoms with van der Waals surface area (Å²) in [5.41, 5.74) is 0.750. The van der Waals surface area contributed by atoms with E-state index in [0.717, 1.165) is 5.56 Å². The summed E-state index contributed by atoms with van der Waals surface area (Å²) >= 11 is 0. The van der Waals surface area contributed by atoms with E-state index in [4.69, 9.17) is 0 Å². The van der Waals surface area contributed by atoms with Crippen molar-refractivity contribution in [3.8, 4) is 0 Å². The molecule has 0 saturated carbocycles. The van der Waals surface area contributed by atoms with Crippen molar-refractivity contribution in [3.63, 3.8) is 0 Å². The second-order valence-corrected chi connectivity index (χ2v) is 7.59. The first-order valence-corrected chi connectivity index (χ1v) is 8.62. The van der Waals surface area contributed by atoms with Gasteiger partial charge in [-0.2, -0.15) is 0 Å². The molecule has 0 radical (unpaired) electrons. The van der Waals surface area contributed by atoms with E-state index in [0.29, 0.717) is 13.1 Å². The van der Waals surface area contributed by atoms with Crippen molar-refractivity contribution in [2.45, 2.75) is 6.54 Å². The van der Waals surface area contributed by atoms with E-state index >= 15 is 0 Å². The fourth-order valence-electron chi connectivity index (χ4n) is 1.75. The normalized spacial score (nSPS) is 13.9. The van der Waals surface area contributed by atoms with E-state index in [1.807, 2.05) is 0 Å². The van der Waals surface area contributed by atoms with E-state index < -0.39 is 15.8 Å². The zero-order valence-electron chi connectivity index (χ0n) is 13.2. The highest BCUT2D eigenvalue weighted by molar-refractivity contribution is 7.90. The predicted octanol–water partition coefficient (Wildman–Crippen LogP) is 1.91. The predicted molar refractivity (Wildman–Crippen MR) is 87.1 cm³/mol. The van der Waals surface area contributed by atoms with Gasteiger partial charge in [-0.05, 0) is 17.7 Å². The molecule has 0 bridgehead atoms. The number of benzene rings is 1. The molecule has 22 heavy (non-hydrogen) atoms. The summed E-state index contributed by atoms with van der Waals surface area (Å²) in [6.45, 7) is 4.48. The average Bonchev–Trinajstić information content (AvgIpc) is 2.37. The van der Waals surface area contributed by atoms with Crippen molar-refractivity contribution in [2.75, 3.05) is 33.4 Å². The lowest BCUT2D eigenvalue weighted by atomic mass is 10.2. The Morgan fingerprint density at radius 2 is 2.14 bits per heavy atom. The van der Waals surface area contributed by atoms with E-state index in [1.54, 1.807) is 37.2 Å². The number of hydrogen-bond acceptors (Lipinski definition) is 3. The van der Waals surface area contributed by atoms with Crippen LogP contribution in [0.15, 0.2) is 41.3 Å². The van der Waals surface area contributed by atoms with Crippen LogP contribution in [0, 0.1) is 5.82 Å². The van der Waals surface area contributed by atoms with Gasteiger partial charge < -0.3 is 0 Å². The maximum Gasteiger partial charge on any atom is 0.268 e. The average molecular weight is 327 g/mol. The summed E-state index contributed by atoms with van der Waals surface area (Å²) in [7, 11) is 0.518. The molecule has 0 aliphatic heterocycles. The van der Waals surface area contributed by atoms with Crippen LogP contribution in [0.3, 0.4) is 0 Å². The Kier molecular flexibility index (Phi) is 6.86. The smallest absolute Gasteiger partial charge is 0.268 e. The maximum atomic E-state index is 13.2.